The Morgan fingerprint density at radius 2 is 0.516 bits per heavy atom. The summed E-state index contributed by atoms with van der Waals surface area (Å²) in [6.45, 7) is 9.46. The standard InChI is InChI=1S/C30H64P/c1-5-9-12-15-18-21-24-28-31(27-8-4,29-25-22-19-16-13-10-6-2)30-26-23-20-17-14-11-7-3/h5-30H2,1-4H3/q+1. The summed E-state index contributed by atoms with van der Waals surface area (Å²) in [5, 5.41) is 0. The van der Waals surface area contributed by atoms with Crippen molar-refractivity contribution in [3.8, 4) is 0 Å². The second-order valence-electron chi connectivity index (χ2n) is 10.6. The predicted molar refractivity (Wildman–Crippen MR) is 151 cm³/mol. The third-order valence-electron chi connectivity index (χ3n) is 7.41. The van der Waals surface area contributed by atoms with E-state index in [1.54, 1.807) is 43.9 Å². The predicted octanol–water partition coefficient (Wildman–Crippen LogP) is 11.7. The molecule has 0 N–H and O–H groups in total. The summed E-state index contributed by atoms with van der Waals surface area (Å²) in [6.07, 6.45) is 39.0. The van der Waals surface area contributed by atoms with Gasteiger partial charge in [-0.25, -0.2) is 0 Å². The fourth-order valence-electron chi connectivity index (χ4n) is 5.36. The Morgan fingerprint density at radius 3 is 0.774 bits per heavy atom. The Bertz CT molecular complexity index is 279. The molecule has 0 bridgehead atoms. The van der Waals surface area contributed by atoms with Crippen LogP contribution in [0, 0.1) is 0 Å². The molecule has 0 spiro atoms. The van der Waals surface area contributed by atoms with Crippen LogP contribution in [-0.2, 0) is 0 Å². The van der Waals surface area contributed by atoms with Gasteiger partial charge in [0.1, 0.15) is 0 Å². The van der Waals surface area contributed by atoms with Gasteiger partial charge in [0.2, 0.25) is 0 Å². The van der Waals surface area contributed by atoms with Crippen molar-refractivity contribution in [2.75, 3.05) is 24.6 Å². The third-order valence-corrected chi connectivity index (χ3v) is 12.6. The lowest BCUT2D eigenvalue weighted by atomic mass is 10.1. The van der Waals surface area contributed by atoms with Gasteiger partial charge in [-0.1, -0.05) is 124 Å². The van der Waals surface area contributed by atoms with Crippen LogP contribution in [0.15, 0.2) is 0 Å². The van der Waals surface area contributed by atoms with Gasteiger partial charge in [-0.05, 0) is 44.9 Å². The molecule has 0 aliphatic carbocycles. The minimum absolute atomic E-state index is 0.680. The smallest absolute Gasteiger partial charge is 0.0594 e. The summed E-state index contributed by atoms with van der Waals surface area (Å²) in [4.78, 5) is 0. The van der Waals surface area contributed by atoms with E-state index < -0.39 is 7.26 Å². The van der Waals surface area contributed by atoms with Gasteiger partial charge in [-0.3, -0.25) is 0 Å². The molecule has 0 saturated heterocycles. The SMILES string of the molecule is CCCCCCCCC[P+](CCC)(CCCCCCCCC)CCCCCCCCC. The highest BCUT2D eigenvalue weighted by atomic mass is 31.2. The molecule has 0 aliphatic rings. The van der Waals surface area contributed by atoms with Crippen molar-refractivity contribution in [3.05, 3.63) is 0 Å². The van der Waals surface area contributed by atoms with Crippen LogP contribution in [0.25, 0.3) is 0 Å². The van der Waals surface area contributed by atoms with Crippen molar-refractivity contribution in [3.63, 3.8) is 0 Å². The molecule has 1 heteroatoms. The van der Waals surface area contributed by atoms with Gasteiger partial charge in [0.25, 0.3) is 0 Å². The summed E-state index contributed by atoms with van der Waals surface area (Å²) < 4.78 is 0. The molecule has 0 saturated carbocycles. The zero-order valence-electron chi connectivity index (χ0n) is 22.8. The van der Waals surface area contributed by atoms with Crippen LogP contribution in [0.3, 0.4) is 0 Å². The maximum atomic E-state index is 2.47. The number of rotatable bonds is 26. The largest absolute Gasteiger partial charge is 0.0654 e. The molecule has 0 aromatic heterocycles. The first-order valence-electron chi connectivity index (χ1n) is 15.1. The zero-order chi connectivity index (χ0) is 22.9. The van der Waals surface area contributed by atoms with E-state index in [4.69, 9.17) is 0 Å². The van der Waals surface area contributed by atoms with Crippen molar-refractivity contribution >= 4 is 7.26 Å². The Hall–Kier alpha value is 0.430. The fourth-order valence-corrected chi connectivity index (χ4v) is 10.3. The minimum atomic E-state index is -0.680. The number of hydrogen-bond acceptors (Lipinski definition) is 0. The van der Waals surface area contributed by atoms with Gasteiger partial charge in [0.15, 0.2) is 0 Å². The Kier molecular flexibility index (Phi) is 25.4. The van der Waals surface area contributed by atoms with E-state index in [0.717, 1.165) is 0 Å². The van der Waals surface area contributed by atoms with E-state index in [1.165, 1.54) is 122 Å². The van der Waals surface area contributed by atoms with E-state index >= 15 is 0 Å². The molecular formula is C30H64P+. The van der Waals surface area contributed by atoms with E-state index in [1.807, 2.05) is 0 Å². The molecule has 0 amide bonds. The summed E-state index contributed by atoms with van der Waals surface area (Å²) in [5.41, 5.74) is 0. The van der Waals surface area contributed by atoms with Crippen molar-refractivity contribution in [2.24, 2.45) is 0 Å². The molecule has 0 fully saturated rings. The molecule has 0 unspecified atom stereocenters. The molecule has 0 rings (SSSR count). The fraction of sp³-hybridized carbons (Fsp3) is 1.00. The second kappa shape index (κ2) is 25.1. The average Bonchev–Trinajstić information content (AvgIpc) is 2.77. The van der Waals surface area contributed by atoms with Crippen LogP contribution in [0.2, 0.25) is 0 Å². The zero-order valence-corrected chi connectivity index (χ0v) is 23.7. The number of unbranched alkanes of at least 4 members (excludes halogenated alkanes) is 18. The van der Waals surface area contributed by atoms with Crippen LogP contribution in [0.4, 0.5) is 0 Å². The normalized spacial score (nSPS) is 12.0. The van der Waals surface area contributed by atoms with Gasteiger partial charge in [0, 0.05) is 7.26 Å². The molecule has 0 atom stereocenters. The van der Waals surface area contributed by atoms with Crippen molar-refractivity contribution < 1.29 is 0 Å². The first-order valence-corrected chi connectivity index (χ1v) is 17.6. The number of hydrogen-bond donors (Lipinski definition) is 0. The van der Waals surface area contributed by atoms with Crippen molar-refractivity contribution in [1.29, 1.82) is 0 Å². The molecule has 0 aromatic carbocycles. The first-order chi connectivity index (χ1) is 15.2. The average molecular weight is 456 g/mol. The molecule has 0 radical (unpaired) electrons. The van der Waals surface area contributed by atoms with Gasteiger partial charge >= 0.3 is 0 Å². The Morgan fingerprint density at radius 1 is 0.258 bits per heavy atom. The van der Waals surface area contributed by atoms with Gasteiger partial charge in [-0.15, -0.1) is 0 Å². The summed E-state index contributed by atoms with van der Waals surface area (Å²) in [5.74, 6) is 0. The van der Waals surface area contributed by atoms with E-state index in [-0.39, 0.29) is 0 Å². The summed E-state index contributed by atoms with van der Waals surface area (Å²) in [7, 11) is -0.680. The van der Waals surface area contributed by atoms with Crippen LogP contribution in [-0.4, -0.2) is 24.6 Å². The van der Waals surface area contributed by atoms with E-state index in [2.05, 4.69) is 27.7 Å². The maximum absolute atomic E-state index is 2.47. The second-order valence-corrected chi connectivity index (χ2v) is 15.1. The lowest BCUT2D eigenvalue weighted by Crippen LogP contribution is -2.13. The van der Waals surface area contributed by atoms with E-state index in [0.29, 0.717) is 0 Å². The topological polar surface area (TPSA) is 0 Å². The molecule has 0 heterocycles. The maximum Gasteiger partial charge on any atom is 0.0594 e. The first kappa shape index (κ1) is 31.4. The van der Waals surface area contributed by atoms with Crippen LogP contribution in [0.1, 0.15) is 169 Å². The van der Waals surface area contributed by atoms with Gasteiger partial charge in [0.05, 0.1) is 24.6 Å². The third kappa shape index (κ3) is 20.7. The molecule has 0 nitrogen and oxygen atoms in total. The molecule has 0 aliphatic heterocycles. The molecule has 31 heavy (non-hydrogen) atoms. The Balaban J connectivity index is 4.39. The highest BCUT2D eigenvalue weighted by Crippen LogP contribution is 2.61. The lowest BCUT2D eigenvalue weighted by molar-refractivity contribution is 0.595. The molecular weight excluding hydrogens is 391 g/mol. The van der Waals surface area contributed by atoms with Gasteiger partial charge in [-0.2, -0.15) is 0 Å². The van der Waals surface area contributed by atoms with Gasteiger partial charge < -0.3 is 0 Å². The quantitative estimate of drug-likeness (QED) is 0.0898. The van der Waals surface area contributed by atoms with Crippen LogP contribution in [0.5, 0.6) is 0 Å². The summed E-state index contributed by atoms with van der Waals surface area (Å²) in [6, 6.07) is 0. The summed E-state index contributed by atoms with van der Waals surface area (Å²) >= 11 is 0. The molecule has 0 aromatic rings. The van der Waals surface area contributed by atoms with Crippen molar-refractivity contribution in [2.45, 2.75) is 169 Å². The highest BCUT2D eigenvalue weighted by molar-refractivity contribution is 7.75. The van der Waals surface area contributed by atoms with E-state index in [9.17, 15) is 0 Å². The van der Waals surface area contributed by atoms with Crippen LogP contribution < -0.4 is 0 Å². The minimum Gasteiger partial charge on any atom is -0.0654 e. The monoisotopic (exact) mass is 455 g/mol. The molecule has 188 valence electrons. The Labute approximate surface area is 200 Å². The van der Waals surface area contributed by atoms with Crippen molar-refractivity contribution in [1.82, 2.24) is 0 Å². The lowest BCUT2D eigenvalue weighted by Gasteiger charge is -2.28. The van der Waals surface area contributed by atoms with Crippen LogP contribution >= 0.6 is 7.26 Å². The highest BCUT2D eigenvalue weighted by Gasteiger charge is 2.34.